The molecular formula is C22H28N4O3. The van der Waals surface area contributed by atoms with E-state index in [1.165, 1.54) is 19.3 Å². The van der Waals surface area contributed by atoms with Gasteiger partial charge in [0.2, 0.25) is 11.8 Å². The summed E-state index contributed by atoms with van der Waals surface area (Å²) in [5.41, 5.74) is 2.82. The van der Waals surface area contributed by atoms with E-state index in [2.05, 4.69) is 21.6 Å². The monoisotopic (exact) mass is 396 g/mol. The number of likely N-dealkylation sites (tertiary alicyclic amines) is 1. The van der Waals surface area contributed by atoms with Gasteiger partial charge in [0.1, 0.15) is 6.04 Å². The number of hydrogen-bond acceptors (Lipinski definition) is 5. The highest BCUT2D eigenvalue weighted by atomic mass is 16.2. The molecule has 0 radical (unpaired) electrons. The largest absolute Gasteiger partial charge is 0.322 e. The van der Waals surface area contributed by atoms with Gasteiger partial charge in [-0.15, -0.1) is 0 Å². The fraction of sp³-hybridized carbons (Fsp3) is 0.591. The van der Waals surface area contributed by atoms with Crippen LogP contribution < -0.4 is 10.6 Å². The number of hydrogen-bond donors (Lipinski definition) is 2. The molecule has 4 aliphatic heterocycles. The minimum Gasteiger partial charge on any atom is -0.322 e. The van der Waals surface area contributed by atoms with Gasteiger partial charge in [0.05, 0.1) is 0 Å². The van der Waals surface area contributed by atoms with E-state index in [0.717, 1.165) is 48.8 Å². The number of amides is 3. The number of fused-ring (bicyclic) bond motifs is 2. The molecule has 0 saturated carbocycles. The van der Waals surface area contributed by atoms with Crippen molar-refractivity contribution in [2.75, 3.05) is 19.6 Å². The number of carbonyl (C=O) groups excluding carboxylic acids is 3. The summed E-state index contributed by atoms with van der Waals surface area (Å²) in [6, 6.07) is 6.06. The molecule has 3 saturated heterocycles. The number of nitrogens with zero attached hydrogens (tertiary/aromatic N) is 2. The minimum absolute atomic E-state index is 0.0690. The second kappa shape index (κ2) is 7.54. The van der Waals surface area contributed by atoms with E-state index < -0.39 is 6.04 Å². The Morgan fingerprint density at radius 3 is 2.86 bits per heavy atom. The van der Waals surface area contributed by atoms with Crippen molar-refractivity contribution < 1.29 is 14.4 Å². The molecule has 0 spiro atoms. The molecule has 0 aliphatic carbocycles. The Labute approximate surface area is 170 Å². The number of rotatable bonds is 3. The Hall–Kier alpha value is -2.25. The molecule has 29 heavy (non-hydrogen) atoms. The van der Waals surface area contributed by atoms with Crippen LogP contribution in [0.25, 0.3) is 0 Å². The van der Waals surface area contributed by atoms with E-state index in [0.29, 0.717) is 19.0 Å². The third-order valence-electron chi connectivity index (χ3n) is 7.09. The molecule has 4 heterocycles. The highest BCUT2D eigenvalue weighted by molar-refractivity contribution is 6.05. The average Bonchev–Trinajstić information content (AvgIpc) is 3.06. The van der Waals surface area contributed by atoms with Crippen LogP contribution in [-0.2, 0) is 22.7 Å². The lowest BCUT2D eigenvalue weighted by Gasteiger charge is -2.44. The number of imide groups is 1. The molecule has 0 aromatic heterocycles. The number of piperidine rings is 3. The predicted octanol–water partition coefficient (Wildman–Crippen LogP) is 1.02. The molecule has 7 heteroatoms. The van der Waals surface area contributed by atoms with Crippen molar-refractivity contribution in [2.24, 2.45) is 5.92 Å². The van der Waals surface area contributed by atoms with Crippen molar-refractivity contribution >= 4 is 17.7 Å². The Morgan fingerprint density at radius 2 is 2.00 bits per heavy atom. The molecule has 5 rings (SSSR count). The van der Waals surface area contributed by atoms with Crippen molar-refractivity contribution in [3.05, 3.63) is 34.9 Å². The summed E-state index contributed by atoms with van der Waals surface area (Å²) >= 11 is 0. The van der Waals surface area contributed by atoms with Crippen molar-refractivity contribution in [3.8, 4) is 0 Å². The SMILES string of the molecule is O=C1CCC(N2Cc3cccc(CN4CCCC5CCNCC54)c3C2=O)C(=O)N1. The van der Waals surface area contributed by atoms with Crippen LogP contribution in [0.2, 0.25) is 0 Å². The Morgan fingerprint density at radius 1 is 1.10 bits per heavy atom. The topological polar surface area (TPSA) is 81.8 Å². The van der Waals surface area contributed by atoms with Gasteiger partial charge in [-0.25, -0.2) is 0 Å². The summed E-state index contributed by atoms with van der Waals surface area (Å²) in [5.74, 6) is 0.0748. The predicted molar refractivity (Wildman–Crippen MR) is 107 cm³/mol. The second-order valence-electron chi connectivity index (χ2n) is 8.78. The zero-order valence-corrected chi connectivity index (χ0v) is 16.7. The van der Waals surface area contributed by atoms with Crippen molar-refractivity contribution in [1.82, 2.24) is 20.4 Å². The lowest BCUT2D eigenvalue weighted by Crippen LogP contribution is -2.54. The lowest BCUT2D eigenvalue weighted by molar-refractivity contribution is -0.136. The summed E-state index contributed by atoms with van der Waals surface area (Å²) in [6.07, 6.45) is 4.44. The summed E-state index contributed by atoms with van der Waals surface area (Å²) < 4.78 is 0. The Bertz CT molecular complexity index is 852. The first-order valence-electron chi connectivity index (χ1n) is 10.8. The molecule has 3 amide bonds. The van der Waals surface area contributed by atoms with E-state index in [-0.39, 0.29) is 24.1 Å². The summed E-state index contributed by atoms with van der Waals surface area (Å²) in [4.78, 5) is 41.3. The zero-order chi connectivity index (χ0) is 20.0. The molecule has 4 aliphatic rings. The maximum atomic E-state index is 13.3. The fourth-order valence-electron chi connectivity index (χ4n) is 5.62. The molecular weight excluding hydrogens is 368 g/mol. The Kier molecular flexibility index (Phi) is 4.87. The number of nitrogens with one attached hydrogen (secondary N) is 2. The van der Waals surface area contributed by atoms with E-state index in [9.17, 15) is 14.4 Å². The normalized spacial score (nSPS) is 30.1. The molecule has 1 aromatic carbocycles. The van der Waals surface area contributed by atoms with Crippen LogP contribution in [0.15, 0.2) is 18.2 Å². The third kappa shape index (κ3) is 3.36. The molecule has 3 atom stereocenters. The summed E-state index contributed by atoms with van der Waals surface area (Å²) in [6.45, 7) is 4.42. The fourth-order valence-corrected chi connectivity index (χ4v) is 5.62. The first-order chi connectivity index (χ1) is 14.1. The standard InChI is InChI=1S/C22H28N4O3/c27-19-7-6-17(21(28)24-19)26-13-16-4-1-3-15(20(16)22(26)29)12-25-10-2-5-14-8-9-23-11-18(14)25/h1,3-4,14,17-18,23H,2,5-13H2,(H,24,27,28). The quantitative estimate of drug-likeness (QED) is 0.746. The highest BCUT2D eigenvalue weighted by Crippen LogP contribution is 2.33. The van der Waals surface area contributed by atoms with E-state index in [4.69, 9.17) is 0 Å². The smallest absolute Gasteiger partial charge is 0.255 e. The molecule has 0 bridgehead atoms. The molecule has 3 unspecified atom stereocenters. The maximum absolute atomic E-state index is 13.3. The first-order valence-corrected chi connectivity index (χ1v) is 10.8. The van der Waals surface area contributed by atoms with Crippen LogP contribution in [0.4, 0.5) is 0 Å². The van der Waals surface area contributed by atoms with Gasteiger partial charge in [-0.1, -0.05) is 18.2 Å². The van der Waals surface area contributed by atoms with Crippen LogP contribution in [0.3, 0.4) is 0 Å². The molecule has 3 fully saturated rings. The summed E-state index contributed by atoms with van der Waals surface area (Å²) in [7, 11) is 0. The number of benzene rings is 1. The average molecular weight is 396 g/mol. The molecule has 2 N–H and O–H groups in total. The zero-order valence-electron chi connectivity index (χ0n) is 16.7. The minimum atomic E-state index is -0.553. The van der Waals surface area contributed by atoms with Gasteiger partial charge in [-0.3, -0.25) is 24.6 Å². The highest BCUT2D eigenvalue weighted by Gasteiger charge is 2.40. The number of carbonyl (C=O) groups is 3. The first kappa shape index (κ1) is 18.8. The molecule has 7 nitrogen and oxygen atoms in total. The maximum Gasteiger partial charge on any atom is 0.255 e. The van der Waals surface area contributed by atoms with Gasteiger partial charge >= 0.3 is 0 Å². The van der Waals surface area contributed by atoms with Gasteiger partial charge in [0, 0.05) is 37.7 Å². The lowest BCUT2D eigenvalue weighted by atomic mass is 9.84. The van der Waals surface area contributed by atoms with E-state index in [1.807, 2.05) is 12.1 Å². The van der Waals surface area contributed by atoms with Gasteiger partial charge < -0.3 is 10.2 Å². The van der Waals surface area contributed by atoms with Crippen LogP contribution in [0, 0.1) is 5.92 Å². The van der Waals surface area contributed by atoms with Crippen LogP contribution in [-0.4, -0.2) is 59.2 Å². The van der Waals surface area contributed by atoms with E-state index >= 15 is 0 Å². The summed E-state index contributed by atoms with van der Waals surface area (Å²) in [5, 5.41) is 5.91. The molecule has 1 aromatic rings. The van der Waals surface area contributed by atoms with Crippen molar-refractivity contribution in [1.29, 1.82) is 0 Å². The third-order valence-corrected chi connectivity index (χ3v) is 7.09. The van der Waals surface area contributed by atoms with Crippen molar-refractivity contribution in [3.63, 3.8) is 0 Å². The van der Waals surface area contributed by atoms with E-state index in [1.54, 1.807) is 4.90 Å². The van der Waals surface area contributed by atoms with Gasteiger partial charge in [0.25, 0.3) is 5.91 Å². The van der Waals surface area contributed by atoms with Crippen LogP contribution in [0.1, 0.15) is 53.6 Å². The van der Waals surface area contributed by atoms with Gasteiger partial charge in [-0.2, -0.15) is 0 Å². The molecule has 154 valence electrons. The Balaban J connectivity index is 1.37. The van der Waals surface area contributed by atoms with Gasteiger partial charge in [-0.05, 0) is 55.8 Å². The van der Waals surface area contributed by atoms with Crippen molar-refractivity contribution in [2.45, 2.75) is 57.3 Å². The van der Waals surface area contributed by atoms with Crippen LogP contribution in [0.5, 0.6) is 0 Å². The van der Waals surface area contributed by atoms with Crippen LogP contribution >= 0.6 is 0 Å². The van der Waals surface area contributed by atoms with Gasteiger partial charge in [0.15, 0.2) is 0 Å². The second-order valence-corrected chi connectivity index (χ2v) is 8.78.